The molecule has 0 fully saturated rings. The predicted octanol–water partition coefficient (Wildman–Crippen LogP) is 4.59. The van der Waals surface area contributed by atoms with Gasteiger partial charge in [0.05, 0.1) is 12.8 Å². The van der Waals surface area contributed by atoms with Gasteiger partial charge >= 0.3 is 0 Å². The van der Waals surface area contributed by atoms with E-state index in [9.17, 15) is 0 Å². The standard InChI is InChI=1S/C19H20N4OS/c1-3-12-24-17-10-6-15(7-11-17)13-20-23-18(21-22-19(23)25)16-8-4-14(2)5-9-16/h4-11,13H,3,12H2,1-2H3,(H,22,25)/b20-13-. The highest BCUT2D eigenvalue weighted by Crippen LogP contribution is 2.18. The van der Waals surface area contributed by atoms with Gasteiger partial charge in [-0.05, 0) is 55.4 Å². The molecule has 3 rings (SSSR count). The van der Waals surface area contributed by atoms with E-state index in [0.717, 1.165) is 29.9 Å². The molecule has 0 radical (unpaired) electrons. The third kappa shape index (κ3) is 4.22. The molecule has 1 heterocycles. The van der Waals surface area contributed by atoms with Gasteiger partial charge in [-0.3, -0.25) is 0 Å². The van der Waals surface area contributed by atoms with Gasteiger partial charge in [-0.15, -0.1) is 0 Å². The number of hydrogen-bond acceptors (Lipinski definition) is 4. The summed E-state index contributed by atoms with van der Waals surface area (Å²) in [5.74, 6) is 1.54. The van der Waals surface area contributed by atoms with Crippen molar-refractivity contribution in [2.45, 2.75) is 20.3 Å². The zero-order chi connectivity index (χ0) is 17.6. The maximum Gasteiger partial charge on any atom is 0.216 e. The summed E-state index contributed by atoms with van der Waals surface area (Å²) in [7, 11) is 0. The number of ether oxygens (including phenoxy) is 1. The second-order valence-electron chi connectivity index (χ2n) is 5.69. The Morgan fingerprint density at radius 3 is 2.56 bits per heavy atom. The van der Waals surface area contributed by atoms with E-state index in [1.807, 2.05) is 55.5 Å². The molecule has 25 heavy (non-hydrogen) atoms. The summed E-state index contributed by atoms with van der Waals surface area (Å²) in [5.41, 5.74) is 3.11. The van der Waals surface area contributed by atoms with Crippen LogP contribution < -0.4 is 4.74 Å². The highest BCUT2D eigenvalue weighted by molar-refractivity contribution is 7.71. The van der Waals surface area contributed by atoms with Crippen LogP contribution in [-0.2, 0) is 0 Å². The topological polar surface area (TPSA) is 55.2 Å². The second-order valence-corrected chi connectivity index (χ2v) is 6.08. The molecular weight excluding hydrogens is 332 g/mol. The number of H-pyrrole nitrogens is 1. The van der Waals surface area contributed by atoms with E-state index in [-0.39, 0.29) is 0 Å². The van der Waals surface area contributed by atoms with Crippen molar-refractivity contribution in [1.82, 2.24) is 14.9 Å². The molecule has 3 aromatic rings. The number of aromatic nitrogens is 3. The van der Waals surface area contributed by atoms with Gasteiger partial charge in [0.15, 0.2) is 5.82 Å². The van der Waals surface area contributed by atoms with E-state index in [4.69, 9.17) is 17.0 Å². The number of aryl methyl sites for hydroxylation is 1. The molecule has 1 aromatic heterocycles. The van der Waals surface area contributed by atoms with Gasteiger partial charge in [-0.25, -0.2) is 5.10 Å². The maximum absolute atomic E-state index is 5.58. The molecule has 6 heteroatoms. The van der Waals surface area contributed by atoms with Crippen LogP contribution in [0.5, 0.6) is 5.75 Å². The van der Waals surface area contributed by atoms with Crippen LogP contribution in [0.15, 0.2) is 53.6 Å². The number of benzene rings is 2. The van der Waals surface area contributed by atoms with Crippen molar-refractivity contribution in [2.75, 3.05) is 6.61 Å². The minimum atomic E-state index is 0.453. The lowest BCUT2D eigenvalue weighted by molar-refractivity contribution is 0.317. The average Bonchev–Trinajstić information content (AvgIpc) is 3.00. The first-order valence-electron chi connectivity index (χ1n) is 8.19. The molecule has 0 bridgehead atoms. The molecule has 0 saturated heterocycles. The van der Waals surface area contributed by atoms with Crippen LogP contribution in [0.4, 0.5) is 0 Å². The largest absolute Gasteiger partial charge is 0.494 e. The van der Waals surface area contributed by atoms with Crippen LogP contribution in [0.3, 0.4) is 0 Å². The fraction of sp³-hybridized carbons (Fsp3) is 0.211. The molecule has 2 aromatic carbocycles. The number of hydrogen-bond donors (Lipinski definition) is 1. The summed E-state index contributed by atoms with van der Waals surface area (Å²) in [6.07, 6.45) is 2.75. The summed E-state index contributed by atoms with van der Waals surface area (Å²) in [4.78, 5) is 0. The fourth-order valence-corrected chi connectivity index (χ4v) is 2.46. The van der Waals surface area contributed by atoms with Crippen LogP contribution >= 0.6 is 12.2 Å². The van der Waals surface area contributed by atoms with E-state index >= 15 is 0 Å². The number of nitrogens with one attached hydrogen (secondary N) is 1. The Labute approximate surface area is 152 Å². The molecule has 0 amide bonds. The first-order valence-corrected chi connectivity index (χ1v) is 8.60. The third-order valence-corrected chi connectivity index (χ3v) is 3.90. The minimum absolute atomic E-state index is 0.453. The Kier molecular flexibility index (Phi) is 5.40. The Balaban J connectivity index is 1.83. The smallest absolute Gasteiger partial charge is 0.216 e. The Bertz CT molecular complexity index is 908. The van der Waals surface area contributed by atoms with Crippen molar-refractivity contribution in [3.8, 4) is 17.1 Å². The van der Waals surface area contributed by atoms with Crippen molar-refractivity contribution >= 4 is 18.4 Å². The summed E-state index contributed by atoms with van der Waals surface area (Å²) in [6, 6.07) is 15.9. The van der Waals surface area contributed by atoms with Crippen molar-refractivity contribution < 1.29 is 4.74 Å². The molecule has 1 N–H and O–H groups in total. The highest BCUT2D eigenvalue weighted by Gasteiger charge is 2.07. The zero-order valence-electron chi connectivity index (χ0n) is 14.3. The van der Waals surface area contributed by atoms with Crippen molar-refractivity contribution in [1.29, 1.82) is 0 Å². The lowest BCUT2D eigenvalue weighted by atomic mass is 10.1. The summed E-state index contributed by atoms with van der Waals surface area (Å²) in [5, 5.41) is 11.6. The number of aromatic amines is 1. The van der Waals surface area contributed by atoms with Crippen LogP contribution in [0.1, 0.15) is 24.5 Å². The normalized spacial score (nSPS) is 11.1. The van der Waals surface area contributed by atoms with Gasteiger partial charge in [0, 0.05) is 5.56 Å². The molecule has 0 saturated carbocycles. The Hall–Kier alpha value is -2.73. The Morgan fingerprint density at radius 1 is 1.16 bits per heavy atom. The quantitative estimate of drug-likeness (QED) is 0.521. The van der Waals surface area contributed by atoms with Crippen LogP contribution in [0, 0.1) is 11.7 Å². The van der Waals surface area contributed by atoms with E-state index in [2.05, 4.69) is 22.2 Å². The molecule has 0 aliphatic carbocycles. The Morgan fingerprint density at radius 2 is 1.88 bits per heavy atom. The van der Waals surface area contributed by atoms with Crippen molar-refractivity contribution in [2.24, 2.45) is 5.10 Å². The molecule has 0 atom stereocenters. The summed E-state index contributed by atoms with van der Waals surface area (Å²) < 4.78 is 7.66. The zero-order valence-corrected chi connectivity index (χ0v) is 15.1. The third-order valence-electron chi connectivity index (χ3n) is 3.64. The van der Waals surface area contributed by atoms with E-state index in [1.54, 1.807) is 10.9 Å². The average molecular weight is 352 g/mol. The highest BCUT2D eigenvalue weighted by atomic mass is 32.1. The van der Waals surface area contributed by atoms with Gasteiger partial charge < -0.3 is 4.74 Å². The van der Waals surface area contributed by atoms with Crippen molar-refractivity contribution in [3.63, 3.8) is 0 Å². The van der Waals surface area contributed by atoms with Gasteiger partial charge in [0.2, 0.25) is 4.77 Å². The minimum Gasteiger partial charge on any atom is -0.494 e. The lowest BCUT2D eigenvalue weighted by Crippen LogP contribution is -1.96. The molecule has 0 spiro atoms. The first-order chi connectivity index (χ1) is 12.2. The number of rotatable bonds is 6. The molecule has 5 nitrogen and oxygen atoms in total. The number of nitrogens with zero attached hydrogens (tertiary/aromatic N) is 3. The molecule has 0 aliphatic heterocycles. The second kappa shape index (κ2) is 7.90. The maximum atomic E-state index is 5.58. The van der Waals surface area contributed by atoms with Crippen LogP contribution in [0.25, 0.3) is 11.4 Å². The van der Waals surface area contributed by atoms with Crippen molar-refractivity contribution in [3.05, 3.63) is 64.4 Å². The monoisotopic (exact) mass is 352 g/mol. The van der Waals surface area contributed by atoms with Crippen LogP contribution in [-0.4, -0.2) is 27.7 Å². The fourth-order valence-electron chi connectivity index (χ4n) is 2.28. The summed E-state index contributed by atoms with van der Waals surface area (Å²) >= 11 is 5.29. The summed E-state index contributed by atoms with van der Waals surface area (Å²) in [6.45, 7) is 4.85. The lowest BCUT2D eigenvalue weighted by Gasteiger charge is -2.04. The molecule has 0 aliphatic rings. The van der Waals surface area contributed by atoms with Gasteiger partial charge in [-0.1, -0.05) is 36.8 Å². The molecular formula is C19H20N4OS. The predicted molar refractivity (Wildman–Crippen MR) is 103 cm³/mol. The van der Waals surface area contributed by atoms with E-state index in [0.29, 0.717) is 10.6 Å². The van der Waals surface area contributed by atoms with E-state index in [1.165, 1.54) is 5.56 Å². The van der Waals surface area contributed by atoms with E-state index < -0.39 is 0 Å². The van der Waals surface area contributed by atoms with Gasteiger partial charge in [0.25, 0.3) is 0 Å². The van der Waals surface area contributed by atoms with Gasteiger partial charge in [-0.2, -0.15) is 14.9 Å². The molecule has 0 unspecified atom stereocenters. The van der Waals surface area contributed by atoms with Gasteiger partial charge in [0.1, 0.15) is 5.75 Å². The SMILES string of the molecule is CCCOc1ccc(/C=N\n2c(-c3ccc(C)cc3)n[nH]c2=S)cc1. The van der Waals surface area contributed by atoms with Crippen LogP contribution in [0.2, 0.25) is 0 Å². The first kappa shape index (κ1) is 17.1. The molecule has 128 valence electrons.